The van der Waals surface area contributed by atoms with Gasteiger partial charge in [0.15, 0.2) is 0 Å². The molecule has 3 rings (SSSR count). The average Bonchev–Trinajstić information content (AvgIpc) is 2.35. The van der Waals surface area contributed by atoms with Crippen LogP contribution in [0.4, 0.5) is 0 Å². The Bertz CT molecular complexity index is 574. The number of rotatable bonds is 3. The van der Waals surface area contributed by atoms with E-state index in [-0.39, 0.29) is 5.41 Å². The van der Waals surface area contributed by atoms with Gasteiger partial charge in [0.25, 0.3) is 0 Å². The highest BCUT2D eigenvalue weighted by atomic mass is 79.9. The Morgan fingerprint density at radius 3 is 2.53 bits per heavy atom. The summed E-state index contributed by atoms with van der Waals surface area (Å²) < 4.78 is 1.05. The molecule has 0 saturated carbocycles. The van der Waals surface area contributed by atoms with Crippen molar-refractivity contribution in [1.82, 2.24) is 10.3 Å². The maximum atomic E-state index is 4.27. The lowest BCUT2D eigenvalue weighted by Crippen LogP contribution is -2.58. The predicted molar refractivity (Wildman–Crippen MR) is 81.4 cm³/mol. The molecule has 1 saturated heterocycles. The number of pyridine rings is 1. The molecule has 1 aliphatic heterocycles. The molecule has 98 valence electrons. The second-order valence-electron chi connectivity index (χ2n) is 5.44. The Morgan fingerprint density at radius 1 is 1.21 bits per heavy atom. The number of benzene rings is 1. The lowest BCUT2D eigenvalue weighted by Gasteiger charge is -2.43. The van der Waals surface area contributed by atoms with E-state index in [1.54, 1.807) is 0 Å². The molecule has 0 aliphatic carbocycles. The number of aryl methyl sites for hydroxylation is 1. The third-order valence-corrected chi connectivity index (χ3v) is 4.33. The quantitative estimate of drug-likeness (QED) is 0.940. The Morgan fingerprint density at radius 2 is 1.95 bits per heavy atom. The van der Waals surface area contributed by atoms with Crippen LogP contribution < -0.4 is 5.32 Å². The van der Waals surface area contributed by atoms with Crippen LogP contribution >= 0.6 is 15.9 Å². The zero-order valence-electron chi connectivity index (χ0n) is 11.0. The zero-order valence-corrected chi connectivity index (χ0v) is 12.6. The van der Waals surface area contributed by atoms with Gasteiger partial charge in [-0.3, -0.25) is 4.98 Å². The lowest BCUT2D eigenvalue weighted by atomic mass is 9.71. The molecule has 2 nitrogen and oxygen atoms in total. The maximum Gasteiger partial charge on any atom is 0.0410 e. The summed E-state index contributed by atoms with van der Waals surface area (Å²) in [5, 5.41) is 3.42. The molecular weight excluding hydrogens is 300 g/mol. The normalized spacial score (nSPS) is 16.9. The van der Waals surface area contributed by atoms with Gasteiger partial charge in [-0.2, -0.15) is 0 Å². The van der Waals surface area contributed by atoms with Gasteiger partial charge in [0.2, 0.25) is 0 Å². The highest BCUT2D eigenvalue weighted by molar-refractivity contribution is 9.10. The van der Waals surface area contributed by atoms with Crippen LogP contribution in [-0.4, -0.2) is 18.1 Å². The van der Waals surface area contributed by atoms with Gasteiger partial charge >= 0.3 is 0 Å². The number of hydrogen-bond acceptors (Lipinski definition) is 2. The van der Waals surface area contributed by atoms with Gasteiger partial charge in [0.1, 0.15) is 0 Å². The first-order valence-electron chi connectivity index (χ1n) is 6.55. The van der Waals surface area contributed by atoms with Crippen molar-refractivity contribution >= 4 is 15.9 Å². The smallest absolute Gasteiger partial charge is 0.0410 e. The van der Waals surface area contributed by atoms with Crippen LogP contribution in [0.15, 0.2) is 47.2 Å². The van der Waals surface area contributed by atoms with Crippen molar-refractivity contribution in [2.45, 2.75) is 18.8 Å². The summed E-state index contributed by atoms with van der Waals surface area (Å²) in [6.07, 6.45) is 4.84. The molecular formula is C16H17BrN2. The van der Waals surface area contributed by atoms with Crippen molar-refractivity contribution in [1.29, 1.82) is 0 Å². The molecule has 0 unspecified atom stereocenters. The van der Waals surface area contributed by atoms with Crippen LogP contribution in [0.25, 0.3) is 0 Å². The Kier molecular flexibility index (Phi) is 3.42. The van der Waals surface area contributed by atoms with E-state index in [0.717, 1.165) is 24.0 Å². The van der Waals surface area contributed by atoms with Crippen molar-refractivity contribution in [2.75, 3.05) is 13.1 Å². The largest absolute Gasteiger partial charge is 0.315 e. The molecule has 0 amide bonds. The molecule has 0 bridgehead atoms. The maximum absolute atomic E-state index is 4.27. The number of halogens is 1. The zero-order chi connectivity index (χ0) is 13.3. The summed E-state index contributed by atoms with van der Waals surface area (Å²) in [5.41, 5.74) is 4.26. The van der Waals surface area contributed by atoms with Crippen LogP contribution in [0.3, 0.4) is 0 Å². The van der Waals surface area contributed by atoms with Crippen LogP contribution in [0.2, 0.25) is 0 Å². The fourth-order valence-electron chi connectivity index (χ4n) is 2.71. The fraction of sp³-hybridized carbons (Fsp3) is 0.312. The van der Waals surface area contributed by atoms with Crippen LogP contribution in [-0.2, 0) is 11.8 Å². The van der Waals surface area contributed by atoms with E-state index in [1.807, 2.05) is 12.4 Å². The van der Waals surface area contributed by atoms with Gasteiger partial charge in [0, 0.05) is 35.4 Å². The number of nitrogens with one attached hydrogen (secondary N) is 1. The summed E-state index contributed by atoms with van der Waals surface area (Å²) in [5.74, 6) is 0. The molecule has 0 atom stereocenters. The Balaban J connectivity index is 1.89. The highest BCUT2D eigenvalue weighted by Gasteiger charge is 2.38. The molecule has 2 aromatic rings. The minimum Gasteiger partial charge on any atom is -0.315 e. The van der Waals surface area contributed by atoms with E-state index < -0.39 is 0 Å². The first-order chi connectivity index (χ1) is 9.18. The van der Waals surface area contributed by atoms with E-state index in [9.17, 15) is 0 Å². The summed E-state index contributed by atoms with van der Waals surface area (Å²) in [7, 11) is 0. The van der Waals surface area contributed by atoms with E-state index >= 15 is 0 Å². The first kappa shape index (κ1) is 12.8. The van der Waals surface area contributed by atoms with Crippen molar-refractivity contribution in [3.8, 4) is 0 Å². The topological polar surface area (TPSA) is 24.9 Å². The molecule has 1 fully saturated rings. The summed E-state index contributed by atoms with van der Waals surface area (Å²) in [4.78, 5) is 4.27. The second-order valence-corrected chi connectivity index (χ2v) is 6.35. The lowest BCUT2D eigenvalue weighted by molar-refractivity contribution is 0.274. The monoisotopic (exact) mass is 316 g/mol. The van der Waals surface area contributed by atoms with Gasteiger partial charge in [-0.25, -0.2) is 0 Å². The Labute approximate surface area is 122 Å². The summed E-state index contributed by atoms with van der Waals surface area (Å²) >= 11 is 3.50. The van der Waals surface area contributed by atoms with E-state index in [0.29, 0.717) is 0 Å². The standard InChI is InChI=1S/C16H17BrN2/c1-12-2-4-14(5-3-12)16(10-19-11-16)7-13-6-15(17)9-18-8-13/h2-6,8-9,19H,7,10-11H2,1H3. The number of hydrogen-bond donors (Lipinski definition) is 1. The van der Waals surface area contributed by atoms with Gasteiger partial charge in [0.05, 0.1) is 0 Å². The summed E-state index contributed by atoms with van der Waals surface area (Å²) in [6.45, 7) is 4.22. The van der Waals surface area contributed by atoms with Crippen molar-refractivity contribution in [3.05, 3.63) is 63.9 Å². The first-order valence-corrected chi connectivity index (χ1v) is 7.35. The van der Waals surface area contributed by atoms with E-state index in [1.165, 1.54) is 16.7 Å². The molecule has 1 aliphatic rings. The second kappa shape index (κ2) is 5.06. The SMILES string of the molecule is Cc1ccc(C2(Cc3cncc(Br)c3)CNC2)cc1. The number of aromatic nitrogens is 1. The third kappa shape index (κ3) is 2.58. The molecule has 19 heavy (non-hydrogen) atoms. The average molecular weight is 317 g/mol. The third-order valence-electron chi connectivity index (χ3n) is 3.89. The minimum absolute atomic E-state index is 0.232. The van der Waals surface area contributed by atoms with Gasteiger partial charge in [-0.05, 0) is 46.5 Å². The number of nitrogens with zero attached hydrogens (tertiary/aromatic N) is 1. The van der Waals surface area contributed by atoms with Crippen molar-refractivity contribution in [3.63, 3.8) is 0 Å². The van der Waals surface area contributed by atoms with Crippen LogP contribution in [0.1, 0.15) is 16.7 Å². The predicted octanol–water partition coefficient (Wildman–Crippen LogP) is 3.24. The molecule has 0 radical (unpaired) electrons. The van der Waals surface area contributed by atoms with Gasteiger partial charge < -0.3 is 5.32 Å². The van der Waals surface area contributed by atoms with Gasteiger partial charge in [-0.15, -0.1) is 0 Å². The fourth-order valence-corrected chi connectivity index (χ4v) is 3.12. The highest BCUT2D eigenvalue weighted by Crippen LogP contribution is 2.33. The van der Waals surface area contributed by atoms with Gasteiger partial charge in [-0.1, -0.05) is 29.8 Å². The molecule has 1 aromatic carbocycles. The molecule has 2 heterocycles. The Hall–Kier alpha value is -1.19. The minimum atomic E-state index is 0.232. The van der Waals surface area contributed by atoms with Crippen molar-refractivity contribution < 1.29 is 0 Å². The molecule has 3 heteroatoms. The molecule has 1 N–H and O–H groups in total. The van der Waals surface area contributed by atoms with Crippen molar-refractivity contribution in [2.24, 2.45) is 0 Å². The van der Waals surface area contributed by atoms with E-state index in [4.69, 9.17) is 0 Å². The molecule has 0 spiro atoms. The summed E-state index contributed by atoms with van der Waals surface area (Å²) in [6, 6.07) is 11.1. The van der Waals surface area contributed by atoms with Crippen LogP contribution in [0.5, 0.6) is 0 Å². The molecule has 1 aromatic heterocycles. The van der Waals surface area contributed by atoms with Crippen LogP contribution in [0, 0.1) is 6.92 Å². The van der Waals surface area contributed by atoms with E-state index in [2.05, 4.69) is 63.5 Å².